The first-order valence-corrected chi connectivity index (χ1v) is 4.15. The Labute approximate surface area is 92.0 Å². The van der Waals surface area contributed by atoms with E-state index in [1.807, 2.05) is 0 Å². The molecule has 0 aliphatic carbocycles. The summed E-state index contributed by atoms with van der Waals surface area (Å²) in [6.45, 7) is 1.08. The van der Waals surface area contributed by atoms with E-state index in [1.165, 1.54) is 0 Å². The van der Waals surface area contributed by atoms with Gasteiger partial charge in [0.2, 0.25) is 0 Å². The van der Waals surface area contributed by atoms with Crippen LogP contribution in [0.3, 0.4) is 0 Å². The SMILES string of the molecule is Cc1cc(C(F)(F)F)c([N+](=O)[O-])cc1[N+](=O)[O-]. The van der Waals surface area contributed by atoms with Crippen LogP contribution >= 0.6 is 0 Å². The molecule has 1 rings (SSSR count). The number of rotatable bonds is 2. The van der Waals surface area contributed by atoms with Crippen LogP contribution in [0.2, 0.25) is 0 Å². The standard InChI is InChI=1S/C8H5F3N2O4/c1-4-2-5(8(9,10)11)7(13(16)17)3-6(4)12(14)15/h2-3H,1H3. The van der Waals surface area contributed by atoms with Crippen molar-refractivity contribution < 1.29 is 23.0 Å². The summed E-state index contributed by atoms with van der Waals surface area (Å²) >= 11 is 0. The minimum atomic E-state index is -4.93. The van der Waals surface area contributed by atoms with E-state index >= 15 is 0 Å². The molecule has 17 heavy (non-hydrogen) atoms. The second-order valence-corrected chi connectivity index (χ2v) is 3.17. The largest absolute Gasteiger partial charge is 0.423 e. The average molecular weight is 250 g/mol. The number of aryl methyl sites for hydroxylation is 1. The summed E-state index contributed by atoms with van der Waals surface area (Å²) in [4.78, 5) is 18.6. The highest BCUT2D eigenvalue weighted by molar-refractivity contribution is 5.54. The summed E-state index contributed by atoms with van der Waals surface area (Å²) in [5.74, 6) is 0. The van der Waals surface area contributed by atoms with Gasteiger partial charge in [-0.25, -0.2) is 0 Å². The van der Waals surface area contributed by atoms with E-state index in [4.69, 9.17) is 0 Å². The zero-order valence-corrected chi connectivity index (χ0v) is 8.32. The Hall–Kier alpha value is -2.19. The van der Waals surface area contributed by atoms with Gasteiger partial charge in [0.25, 0.3) is 11.4 Å². The topological polar surface area (TPSA) is 86.3 Å². The zero-order chi connectivity index (χ0) is 13.4. The average Bonchev–Trinajstić information content (AvgIpc) is 2.14. The molecule has 0 N–H and O–H groups in total. The van der Waals surface area contributed by atoms with Gasteiger partial charge in [-0.05, 0) is 13.0 Å². The second kappa shape index (κ2) is 4.00. The molecule has 1 aromatic rings. The van der Waals surface area contributed by atoms with Crippen molar-refractivity contribution >= 4 is 11.4 Å². The molecule has 0 unspecified atom stereocenters. The van der Waals surface area contributed by atoms with Gasteiger partial charge in [-0.2, -0.15) is 13.2 Å². The van der Waals surface area contributed by atoms with E-state index in [-0.39, 0.29) is 5.56 Å². The lowest BCUT2D eigenvalue weighted by molar-refractivity contribution is -0.396. The lowest BCUT2D eigenvalue weighted by atomic mass is 10.1. The normalized spacial score (nSPS) is 11.3. The fraction of sp³-hybridized carbons (Fsp3) is 0.250. The quantitative estimate of drug-likeness (QED) is 0.596. The maximum absolute atomic E-state index is 12.4. The van der Waals surface area contributed by atoms with Gasteiger partial charge in [-0.1, -0.05) is 0 Å². The molecular formula is C8H5F3N2O4. The molecule has 0 amide bonds. The lowest BCUT2D eigenvalue weighted by Gasteiger charge is -2.08. The molecule has 0 fully saturated rings. The van der Waals surface area contributed by atoms with Crippen molar-refractivity contribution in [2.75, 3.05) is 0 Å². The molecular weight excluding hydrogens is 245 g/mol. The Morgan fingerprint density at radius 2 is 1.53 bits per heavy atom. The predicted octanol–water partition coefficient (Wildman–Crippen LogP) is 2.83. The summed E-state index contributed by atoms with van der Waals surface area (Å²) in [5, 5.41) is 20.9. The Morgan fingerprint density at radius 1 is 1.06 bits per heavy atom. The molecule has 0 aromatic heterocycles. The van der Waals surface area contributed by atoms with Crippen LogP contribution in [0.1, 0.15) is 11.1 Å². The van der Waals surface area contributed by atoms with Crippen molar-refractivity contribution in [3.05, 3.63) is 43.5 Å². The summed E-state index contributed by atoms with van der Waals surface area (Å²) in [5.41, 5.74) is -3.82. The van der Waals surface area contributed by atoms with Crippen LogP contribution in [0.5, 0.6) is 0 Å². The molecule has 6 nitrogen and oxygen atoms in total. The van der Waals surface area contributed by atoms with E-state index in [2.05, 4.69) is 0 Å². The van der Waals surface area contributed by atoms with Crippen LogP contribution in [0.25, 0.3) is 0 Å². The van der Waals surface area contributed by atoms with Crippen molar-refractivity contribution in [3.8, 4) is 0 Å². The number of nitrogens with zero attached hydrogens (tertiary/aromatic N) is 2. The predicted molar refractivity (Wildman–Crippen MR) is 49.5 cm³/mol. The third-order valence-corrected chi connectivity index (χ3v) is 2.01. The third kappa shape index (κ3) is 2.49. The van der Waals surface area contributed by atoms with E-state index < -0.39 is 33.0 Å². The van der Waals surface area contributed by atoms with E-state index in [1.54, 1.807) is 0 Å². The molecule has 0 saturated heterocycles. The van der Waals surface area contributed by atoms with Crippen LogP contribution < -0.4 is 0 Å². The van der Waals surface area contributed by atoms with Crippen LogP contribution in [-0.2, 0) is 6.18 Å². The molecule has 0 bridgehead atoms. The highest BCUT2D eigenvalue weighted by Crippen LogP contribution is 2.39. The number of nitro benzene ring substituents is 2. The Bertz CT molecular complexity index is 498. The minimum absolute atomic E-state index is 0.284. The smallest absolute Gasteiger partial charge is 0.258 e. The Balaban J connectivity index is 3.58. The summed E-state index contributed by atoms with van der Waals surface area (Å²) < 4.78 is 37.3. The molecule has 1 aromatic carbocycles. The van der Waals surface area contributed by atoms with Crippen LogP contribution in [0, 0.1) is 27.2 Å². The number of alkyl halides is 3. The van der Waals surface area contributed by atoms with E-state index in [0.29, 0.717) is 12.1 Å². The fourth-order valence-electron chi connectivity index (χ4n) is 1.26. The molecule has 9 heteroatoms. The zero-order valence-electron chi connectivity index (χ0n) is 8.32. The molecule has 0 spiro atoms. The number of benzene rings is 1. The lowest BCUT2D eigenvalue weighted by Crippen LogP contribution is -2.10. The summed E-state index contributed by atoms with van der Waals surface area (Å²) in [6, 6.07) is 0.717. The fourth-order valence-corrected chi connectivity index (χ4v) is 1.26. The van der Waals surface area contributed by atoms with Crippen LogP contribution in [0.15, 0.2) is 12.1 Å². The minimum Gasteiger partial charge on any atom is -0.258 e. The Kier molecular flexibility index (Phi) is 3.03. The van der Waals surface area contributed by atoms with Gasteiger partial charge in [0.1, 0.15) is 5.56 Å². The third-order valence-electron chi connectivity index (χ3n) is 2.01. The first-order valence-electron chi connectivity index (χ1n) is 4.15. The van der Waals surface area contributed by atoms with Crippen molar-refractivity contribution in [1.29, 1.82) is 0 Å². The van der Waals surface area contributed by atoms with Gasteiger partial charge >= 0.3 is 6.18 Å². The summed E-state index contributed by atoms with van der Waals surface area (Å²) in [7, 11) is 0. The molecule has 0 aliphatic rings. The van der Waals surface area contributed by atoms with Crippen molar-refractivity contribution in [2.24, 2.45) is 0 Å². The summed E-state index contributed by atoms with van der Waals surface area (Å²) in [6.07, 6.45) is -4.93. The van der Waals surface area contributed by atoms with Gasteiger partial charge in [0, 0.05) is 5.56 Å². The first kappa shape index (κ1) is 12.9. The van der Waals surface area contributed by atoms with E-state index in [9.17, 15) is 33.4 Å². The van der Waals surface area contributed by atoms with Crippen molar-refractivity contribution in [3.63, 3.8) is 0 Å². The maximum Gasteiger partial charge on any atom is 0.423 e. The van der Waals surface area contributed by atoms with Crippen LogP contribution in [0.4, 0.5) is 24.5 Å². The number of halogens is 3. The number of nitro groups is 2. The second-order valence-electron chi connectivity index (χ2n) is 3.17. The molecule has 0 saturated carbocycles. The monoisotopic (exact) mass is 250 g/mol. The Morgan fingerprint density at radius 3 is 1.88 bits per heavy atom. The highest BCUT2D eigenvalue weighted by Gasteiger charge is 2.40. The molecule has 0 heterocycles. The number of hydrogen-bond donors (Lipinski definition) is 0. The maximum atomic E-state index is 12.4. The first-order chi connectivity index (χ1) is 7.64. The van der Waals surface area contributed by atoms with Gasteiger partial charge in [-0.3, -0.25) is 20.2 Å². The van der Waals surface area contributed by atoms with Gasteiger partial charge in [0.05, 0.1) is 15.9 Å². The van der Waals surface area contributed by atoms with Crippen LogP contribution in [-0.4, -0.2) is 9.85 Å². The molecule has 0 radical (unpaired) electrons. The van der Waals surface area contributed by atoms with Gasteiger partial charge in [0.15, 0.2) is 0 Å². The molecule has 92 valence electrons. The number of hydrogen-bond acceptors (Lipinski definition) is 4. The highest BCUT2D eigenvalue weighted by atomic mass is 19.4. The van der Waals surface area contributed by atoms with Crippen molar-refractivity contribution in [1.82, 2.24) is 0 Å². The van der Waals surface area contributed by atoms with Gasteiger partial charge < -0.3 is 0 Å². The van der Waals surface area contributed by atoms with E-state index in [0.717, 1.165) is 6.92 Å². The van der Waals surface area contributed by atoms with Gasteiger partial charge in [-0.15, -0.1) is 0 Å². The van der Waals surface area contributed by atoms with Crippen molar-refractivity contribution in [2.45, 2.75) is 13.1 Å². The molecule has 0 aliphatic heterocycles. The molecule has 0 atom stereocenters.